The van der Waals surface area contributed by atoms with Crippen molar-refractivity contribution in [3.8, 4) is 0 Å². The molecular weight excluding hydrogens is 303 g/mol. The average molecular weight is 315 g/mol. The van der Waals surface area contributed by atoms with Crippen molar-refractivity contribution in [1.82, 2.24) is 0 Å². The molecule has 0 unspecified atom stereocenters. The zero-order chi connectivity index (χ0) is 12.1. The van der Waals surface area contributed by atoms with Crippen LogP contribution in [0.3, 0.4) is 0 Å². The first-order valence-electron chi connectivity index (χ1n) is 6.09. The third-order valence-corrected chi connectivity index (χ3v) is 6.84. The molecule has 0 nitrogen and oxygen atoms in total. The van der Waals surface area contributed by atoms with Gasteiger partial charge in [0.2, 0.25) is 0 Å². The van der Waals surface area contributed by atoms with Crippen LogP contribution in [0.2, 0.25) is 0 Å². The number of thiophene rings is 1. The molecule has 1 aliphatic rings. The van der Waals surface area contributed by atoms with Crippen LogP contribution in [-0.4, -0.2) is 14.5 Å². The Morgan fingerprint density at radius 3 is 2.89 bits per heavy atom. The Bertz CT molecular complexity index is 763. The predicted octanol–water partition coefficient (Wildman–Crippen LogP) is 4.76. The topological polar surface area (TPSA) is 0 Å². The maximum atomic E-state index is 2.41. The molecule has 2 heterocycles. The fourth-order valence-electron chi connectivity index (χ4n) is 2.50. The second-order valence-electron chi connectivity index (χ2n) is 4.72. The summed E-state index contributed by atoms with van der Waals surface area (Å²) < 4.78 is 4.57. The minimum atomic E-state index is 0.499. The van der Waals surface area contributed by atoms with E-state index < -0.39 is 0 Å². The molecule has 0 amide bonds. The molecule has 0 spiro atoms. The standard InChI is InChI=1S/C16H12SSe/c1-10-6-12-7-13-8-15(11-4-2-3-5-11)18-16(13)9-14(12)17-10/h2-4,6-9H,5H2,1H3. The van der Waals surface area contributed by atoms with Crippen molar-refractivity contribution in [3.05, 3.63) is 51.8 Å². The summed E-state index contributed by atoms with van der Waals surface area (Å²) in [4.78, 5) is 1.41. The number of allylic oxidation sites excluding steroid dienone is 4. The van der Waals surface area contributed by atoms with Gasteiger partial charge in [0, 0.05) is 0 Å². The van der Waals surface area contributed by atoms with Gasteiger partial charge in [0.15, 0.2) is 0 Å². The van der Waals surface area contributed by atoms with Gasteiger partial charge in [0.25, 0.3) is 0 Å². The van der Waals surface area contributed by atoms with Crippen LogP contribution in [0.1, 0.15) is 15.7 Å². The van der Waals surface area contributed by atoms with Crippen molar-refractivity contribution >= 4 is 51.1 Å². The summed E-state index contributed by atoms with van der Waals surface area (Å²) in [6.45, 7) is 2.19. The molecule has 0 bridgehead atoms. The summed E-state index contributed by atoms with van der Waals surface area (Å²) in [5.41, 5.74) is 1.52. The molecule has 0 fully saturated rings. The van der Waals surface area contributed by atoms with Crippen LogP contribution in [0, 0.1) is 6.92 Å². The summed E-state index contributed by atoms with van der Waals surface area (Å²) >= 11 is 2.41. The van der Waals surface area contributed by atoms with Gasteiger partial charge >= 0.3 is 116 Å². The van der Waals surface area contributed by atoms with Crippen molar-refractivity contribution in [3.63, 3.8) is 0 Å². The molecule has 18 heavy (non-hydrogen) atoms. The molecule has 0 aliphatic heterocycles. The Labute approximate surface area is 116 Å². The van der Waals surface area contributed by atoms with Crippen LogP contribution in [0.5, 0.6) is 0 Å². The normalized spacial score (nSPS) is 14.8. The second kappa shape index (κ2) is 3.96. The number of hydrogen-bond donors (Lipinski definition) is 0. The van der Waals surface area contributed by atoms with Crippen LogP contribution in [-0.2, 0) is 0 Å². The molecule has 0 saturated carbocycles. The van der Waals surface area contributed by atoms with Crippen LogP contribution >= 0.6 is 11.3 Å². The van der Waals surface area contributed by atoms with E-state index in [1.54, 1.807) is 8.70 Å². The van der Waals surface area contributed by atoms with Crippen molar-refractivity contribution in [2.45, 2.75) is 13.3 Å². The van der Waals surface area contributed by atoms with Gasteiger partial charge in [-0.2, -0.15) is 0 Å². The second-order valence-corrected chi connectivity index (χ2v) is 8.28. The van der Waals surface area contributed by atoms with Gasteiger partial charge in [0.1, 0.15) is 0 Å². The van der Waals surface area contributed by atoms with Gasteiger partial charge in [-0.15, -0.1) is 0 Å². The molecule has 88 valence electrons. The molecule has 1 aliphatic carbocycles. The van der Waals surface area contributed by atoms with Gasteiger partial charge in [-0.05, 0) is 0 Å². The van der Waals surface area contributed by atoms with Crippen LogP contribution in [0.25, 0.3) is 25.3 Å². The quantitative estimate of drug-likeness (QED) is 0.568. The average Bonchev–Trinajstić information content (AvgIpc) is 3.02. The maximum absolute atomic E-state index is 2.41. The van der Waals surface area contributed by atoms with Gasteiger partial charge in [-0.3, -0.25) is 0 Å². The monoisotopic (exact) mass is 316 g/mol. The Morgan fingerprint density at radius 1 is 1.11 bits per heavy atom. The molecule has 1 aromatic carbocycles. The van der Waals surface area contributed by atoms with E-state index in [0.29, 0.717) is 14.5 Å². The number of rotatable bonds is 1. The van der Waals surface area contributed by atoms with Crippen LogP contribution in [0.15, 0.2) is 42.5 Å². The first-order valence-corrected chi connectivity index (χ1v) is 8.62. The number of hydrogen-bond acceptors (Lipinski definition) is 1. The molecule has 2 heteroatoms. The number of benzene rings is 1. The van der Waals surface area contributed by atoms with Gasteiger partial charge in [-0.25, -0.2) is 0 Å². The molecule has 3 aromatic rings. The van der Waals surface area contributed by atoms with Gasteiger partial charge < -0.3 is 0 Å². The van der Waals surface area contributed by atoms with Crippen molar-refractivity contribution in [2.24, 2.45) is 0 Å². The SMILES string of the molecule is Cc1cc2cc3cc(C4=CC=CC4)[se]c3cc2s1. The molecule has 0 radical (unpaired) electrons. The summed E-state index contributed by atoms with van der Waals surface area (Å²) in [5, 5.41) is 2.85. The van der Waals surface area contributed by atoms with E-state index in [1.165, 1.54) is 25.9 Å². The first-order chi connectivity index (χ1) is 8.79. The molecule has 0 atom stereocenters. The van der Waals surface area contributed by atoms with E-state index in [1.807, 2.05) is 11.3 Å². The van der Waals surface area contributed by atoms with E-state index in [0.717, 1.165) is 6.42 Å². The Kier molecular flexibility index (Phi) is 2.38. The van der Waals surface area contributed by atoms with Crippen LogP contribution in [0.4, 0.5) is 0 Å². The zero-order valence-corrected chi connectivity index (χ0v) is 12.6. The number of fused-ring (bicyclic) bond motifs is 2. The molecule has 4 rings (SSSR count). The summed E-state index contributed by atoms with van der Waals surface area (Å²) in [6, 6.07) is 9.48. The van der Waals surface area contributed by atoms with E-state index in [-0.39, 0.29) is 0 Å². The van der Waals surface area contributed by atoms with Gasteiger partial charge in [0.05, 0.1) is 0 Å². The Morgan fingerprint density at radius 2 is 2.06 bits per heavy atom. The van der Waals surface area contributed by atoms with Crippen LogP contribution < -0.4 is 0 Å². The fraction of sp³-hybridized carbons (Fsp3) is 0.125. The summed E-state index contributed by atoms with van der Waals surface area (Å²) in [5.74, 6) is 0. The minimum absolute atomic E-state index is 0.499. The van der Waals surface area contributed by atoms with E-state index in [2.05, 4.69) is 49.4 Å². The van der Waals surface area contributed by atoms with E-state index in [9.17, 15) is 0 Å². The number of aryl methyl sites for hydroxylation is 1. The third kappa shape index (κ3) is 1.65. The van der Waals surface area contributed by atoms with Crippen molar-refractivity contribution in [1.29, 1.82) is 0 Å². The molecular formula is C16H12SSe. The fourth-order valence-corrected chi connectivity index (χ4v) is 5.96. The predicted molar refractivity (Wildman–Crippen MR) is 82.7 cm³/mol. The molecule has 0 N–H and O–H groups in total. The van der Waals surface area contributed by atoms with Crippen molar-refractivity contribution < 1.29 is 0 Å². The summed E-state index contributed by atoms with van der Waals surface area (Å²) in [7, 11) is 0. The van der Waals surface area contributed by atoms with Gasteiger partial charge in [-0.1, -0.05) is 0 Å². The van der Waals surface area contributed by atoms with Crippen molar-refractivity contribution in [2.75, 3.05) is 0 Å². The van der Waals surface area contributed by atoms with E-state index >= 15 is 0 Å². The Balaban J connectivity index is 1.94. The molecule has 2 aromatic heterocycles. The first kappa shape index (κ1) is 10.8. The third-order valence-electron chi connectivity index (χ3n) is 3.37. The molecule has 0 saturated heterocycles. The Hall–Kier alpha value is -1.08. The summed E-state index contributed by atoms with van der Waals surface area (Å²) in [6.07, 6.45) is 7.81. The zero-order valence-electron chi connectivity index (χ0n) is 10.1. The van der Waals surface area contributed by atoms with E-state index in [4.69, 9.17) is 0 Å².